The Morgan fingerprint density at radius 3 is 2.50 bits per heavy atom. The predicted octanol–water partition coefficient (Wildman–Crippen LogP) is 3.12. The highest BCUT2D eigenvalue weighted by atomic mass is 19.1. The molecule has 7 nitrogen and oxygen atoms in total. The smallest absolute Gasteiger partial charge is 0.245 e. The van der Waals surface area contributed by atoms with Gasteiger partial charge in [0, 0.05) is 57.5 Å². The number of halogens is 2. The van der Waals surface area contributed by atoms with Crippen molar-refractivity contribution in [3.8, 4) is 5.75 Å². The number of fused-ring (bicyclic) bond motifs is 1. The van der Waals surface area contributed by atoms with Crippen LogP contribution >= 0.6 is 0 Å². The number of hydrogen-bond acceptors (Lipinski definition) is 4. The summed E-state index contributed by atoms with van der Waals surface area (Å²) >= 11 is 0. The molecule has 5 fully saturated rings. The maximum Gasteiger partial charge on any atom is 0.245 e. The van der Waals surface area contributed by atoms with Crippen LogP contribution < -0.4 is 4.74 Å². The van der Waals surface area contributed by atoms with Gasteiger partial charge in [-0.1, -0.05) is 0 Å². The molecule has 0 aromatic heterocycles. The van der Waals surface area contributed by atoms with Crippen LogP contribution in [0.2, 0.25) is 0 Å². The minimum Gasteiger partial charge on any atom is -0.487 e. The van der Waals surface area contributed by atoms with Gasteiger partial charge in [-0.3, -0.25) is 14.4 Å². The van der Waals surface area contributed by atoms with E-state index in [2.05, 4.69) is 0 Å². The first-order chi connectivity index (χ1) is 17.3. The van der Waals surface area contributed by atoms with E-state index in [4.69, 9.17) is 4.74 Å². The van der Waals surface area contributed by atoms with Crippen molar-refractivity contribution in [3.05, 3.63) is 29.8 Å². The van der Waals surface area contributed by atoms with Crippen molar-refractivity contribution < 1.29 is 27.9 Å². The van der Waals surface area contributed by atoms with Gasteiger partial charge in [0.25, 0.3) is 0 Å². The third kappa shape index (κ3) is 4.34. The summed E-state index contributed by atoms with van der Waals surface area (Å²) in [5.74, 6) is -1.41. The zero-order valence-electron chi connectivity index (χ0n) is 20.5. The van der Waals surface area contributed by atoms with Crippen LogP contribution in [0.5, 0.6) is 5.75 Å². The summed E-state index contributed by atoms with van der Waals surface area (Å²) in [5.41, 5.74) is 0.0815. The molecule has 4 saturated heterocycles. The third-order valence-corrected chi connectivity index (χ3v) is 9.04. The summed E-state index contributed by atoms with van der Waals surface area (Å²) in [7, 11) is 0. The zero-order valence-corrected chi connectivity index (χ0v) is 20.5. The van der Waals surface area contributed by atoms with Gasteiger partial charge >= 0.3 is 0 Å². The van der Waals surface area contributed by atoms with Crippen LogP contribution in [-0.4, -0.2) is 76.8 Å². The second kappa shape index (κ2) is 8.99. The van der Waals surface area contributed by atoms with Crippen LogP contribution in [0.3, 0.4) is 0 Å². The van der Waals surface area contributed by atoms with Gasteiger partial charge in [-0.2, -0.15) is 0 Å². The van der Waals surface area contributed by atoms with E-state index in [1.54, 1.807) is 0 Å². The monoisotopic (exact) mass is 501 g/mol. The number of nitrogens with zero attached hydrogens (tertiary/aromatic N) is 3. The van der Waals surface area contributed by atoms with Gasteiger partial charge in [-0.25, -0.2) is 8.78 Å². The van der Waals surface area contributed by atoms with Gasteiger partial charge < -0.3 is 19.4 Å². The number of hydrogen-bond donors (Lipinski definition) is 0. The lowest BCUT2D eigenvalue weighted by Crippen LogP contribution is -2.54. The van der Waals surface area contributed by atoms with Gasteiger partial charge in [0.05, 0.1) is 5.92 Å². The normalized spacial score (nSPS) is 29.6. The van der Waals surface area contributed by atoms with Gasteiger partial charge in [0.1, 0.15) is 18.0 Å². The Bertz CT molecular complexity index is 1070. The molecule has 1 aromatic rings. The molecule has 0 radical (unpaired) electrons. The Labute approximate surface area is 209 Å². The Morgan fingerprint density at radius 2 is 1.78 bits per heavy atom. The van der Waals surface area contributed by atoms with E-state index in [1.165, 1.54) is 12.1 Å². The average molecular weight is 502 g/mol. The SMILES string of the molecule is O=C([C@@H]1CC2(CC2)CN1C(=O)C1CCC2CCC(=O)N2C1)N1CCC(Oc2ccc(F)cc2F)CC1. The number of carbonyl (C=O) groups is 3. The second-order valence-electron chi connectivity index (χ2n) is 11.4. The number of rotatable bonds is 4. The number of amides is 3. The lowest BCUT2D eigenvalue weighted by molar-refractivity contribution is -0.149. The first-order valence-corrected chi connectivity index (χ1v) is 13.3. The van der Waals surface area contributed by atoms with Crippen molar-refractivity contribution >= 4 is 17.7 Å². The van der Waals surface area contributed by atoms with E-state index in [9.17, 15) is 23.2 Å². The molecule has 3 atom stereocenters. The Hall–Kier alpha value is -2.71. The Morgan fingerprint density at radius 1 is 1.00 bits per heavy atom. The fourth-order valence-electron chi connectivity index (χ4n) is 6.71. The summed E-state index contributed by atoms with van der Waals surface area (Å²) in [6.07, 6.45) is 6.78. The molecule has 36 heavy (non-hydrogen) atoms. The number of benzene rings is 1. The fraction of sp³-hybridized carbons (Fsp3) is 0.667. The summed E-state index contributed by atoms with van der Waals surface area (Å²) in [4.78, 5) is 45.1. The van der Waals surface area contributed by atoms with Crippen LogP contribution in [0, 0.1) is 23.0 Å². The molecule has 1 aromatic carbocycles. The number of carbonyl (C=O) groups excluding carboxylic acids is 3. The van der Waals surface area contributed by atoms with Crippen molar-refractivity contribution in [3.63, 3.8) is 0 Å². The van der Waals surface area contributed by atoms with Crippen molar-refractivity contribution in [1.82, 2.24) is 14.7 Å². The fourth-order valence-corrected chi connectivity index (χ4v) is 6.71. The molecule has 4 aliphatic heterocycles. The van der Waals surface area contributed by atoms with E-state index in [1.807, 2.05) is 14.7 Å². The van der Waals surface area contributed by atoms with Crippen LogP contribution in [0.4, 0.5) is 8.78 Å². The van der Waals surface area contributed by atoms with E-state index in [0.717, 1.165) is 38.2 Å². The molecule has 0 bridgehead atoms. The molecule has 5 aliphatic rings. The molecular formula is C27H33F2N3O4. The Balaban J connectivity index is 1.09. The Kier molecular flexibility index (Phi) is 5.91. The predicted molar refractivity (Wildman–Crippen MR) is 126 cm³/mol. The van der Waals surface area contributed by atoms with Gasteiger partial charge in [0.15, 0.2) is 11.6 Å². The number of likely N-dealkylation sites (tertiary alicyclic amines) is 2. The first kappa shape index (κ1) is 23.7. The molecule has 2 unspecified atom stereocenters. The molecule has 9 heteroatoms. The molecule has 1 saturated carbocycles. The summed E-state index contributed by atoms with van der Waals surface area (Å²) < 4.78 is 32.9. The molecular weight excluding hydrogens is 468 g/mol. The molecule has 3 amide bonds. The van der Waals surface area contributed by atoms with E-state index < -0.39 is 17.7 Å². The lowest BCUT2D eigenvalue weighted by Gasteiger charge is -2.39. The standard InChI is InChI=1S/C27H33F2N3O4/c28-18-2-5-23(21(29)13-18)36-20-7-11-30(12-8-20)26(35)22-14-27(9-10-27)16-32(22)25(34)17-1-3-19-4-6-24(33)31(19)15-17/h2,5,13,17,19-20,22H,1,3-4,6-12,14-16H2/t17?,19?,22-/m0/s1. The van der Waals surface area contributed by atoms with Crippen LogP contribution in [0.25, 0.3) is 0 Å². The maximum absolute atomic E-state index is 14.0. The molecule has 4 heterocycles. The van der Waals surface area contributed by atoms with Gasteiger partial charge in [-0.15, -0.1) is 0 Å². The third-order valence-electron chi connectivity index (χ3n) is 9.04. The zero-order chi connectivity index (χ0) is 25.0. The maximum atomic E-state index is 14.0. The second-order valence-corrected chi connectivity index (χ2v) is 11.4. The minimum atomic E-state index is -0.729. The van der Waals surface area contributed by atoms with E-state index in [0.29, 0.717) is 51.9 Å². The van der Waals surface area contributed by atoms with Crippen molar-refractivity contribution in [2.45, 2.75) is 76.0 Å². The quantitative estimate of drug-likeness (QED) is 0.636. The van der Waals surface area contributed by atoms with Gasteiger partial charge in [-0.05, 0) is 56.1 Å². The molecule has 1 spiro atoms. The van der Waals surface area contributed by atoms with Gasteiger partial charge in [0.2, 0.25) is 17.7 Å². The molecule has 0 N–H and O–H groups in total. The van der Waals surface area contributed by atoms with Crippen LogP contribution in [-0.2, 0) is 14.4 Å². The highest BCUT2D eigenvalue weighted by Gasteiger charge is 2.56. The molecule has 6 rings (SSSR count). The largest absolute Gasteiger partial charge is 0.487 e. The van der Waals surface area contributed by atoms with Crippen molar-refractivity contribution in [1.29, 1.82) is 0 Å². The summed E-state index contributed by atoms with van der Waals surface area (Å²) in [5, 5.41) is 0. The topological polar surface area (TPSA) is 70.2 Å². The van der Waals surface area contributed by atoms with E-state index >= 15 is 0 Å². The van der Waals surface area contributed by atoms with Crippen molar-refractivity contribution in [2.24, 2.45) is 11.3 Å². The first-order valence-electron chi connectivity index (χ1n) is 13.3. The van der Waals surface area contributed by atoms with Crippen LogP contribution in [0.15, 0.2) is 18.2 Å². The number of ether oxygens (including phenoxy) is 1. The average Bonchev–Trinajstić information content (AvgIpc) is 3.38. The molecule has 1 aliphatic carbocycles. The highest BCUT2D eigenvalue weighted by molar-refractivity contribution is 5.90. The van der Waals surface area contributed by atoms with Crippen molar-refractivity contribution in [2.75, 3.05) is 26.2 Å². The number of piperidine rings is 2. The van der Waals surface area contributed by atoms with Crippen LogP contribution in [0.1, 0.15) is 57.8 Å². The highest BCUT2D eigenvalue weighted by Crippen LogP contribution is 2.55. The minimum absolute atomic E-state index is 0.00975. The van der Waals surface area contributed by atoms with E-state index in [-0.39, 0.29) is 46.9 Å². The summed E-state index contributed by atoms with van der Waals surface area (Å²) in [6.45, 7) is 2.07. The summed E-state index contributed by atoms with van der Waals surface area (Å²) in [6, 6.07) is 3.10. The molecule has 194 valence electrons. The lowest BCUT2D eigenvalue weighted by atomic mass is 9.92.